The van der Waals surface area contributed by atoms with Gasteiger partial charge in [0, 0.05) is 19.4 Å². The van der Waals surface area contributed by atoms with Crippen LogP contribution < -0.4 is 5.73 Å². The Bertz CT molecular complexity index is 559. The highest BCUT2D eigenvalue weighted by atomic mass is 19.5. The molecular formula is C7H13B6F24N3-6. The molecule has 2 N–H and O–H groups in total. The number of imidazole rings is 1. The van der Waals surface area contributed by atoms with Crippen LogP contribution in [0.5, 0.6) is 0 Å². The summed E-state index contributed by atoms with van der Waals surface area (Å²) in [5.41, 5.74) is 5.76. The maximum Gasteiger partial charge on any atom is 0.673 e. The largest absolute Gasteiger partial charge is 0.673 e. The SMILES string of the molecule is CCC(N)c1nccn1C.F[B-](F)(F)F.F[B-](F)(F)F.F[B-](F)(F)F.F[B-](F)(F)F.F[B-](F)(F)F.F[B-](F)(F)F. The second-order valence-corrected chi connectivity index (χ2v) is 5.38. The van der Waals surface area contributed by atoms with Crippen molar-refractivity contribution in [2.24, 2.45) is 12.8 Å². The fourth-order valence-corrected chi connectivity index (χ4v) is 0.917. The van der Waals surface area contributed by atoms with Gasteiger partial charge in [-0.1, -0.05) is 6.92 Å². The molecule has 0 fully saturated rings. The Kier molecular flexibility index (Phi) is 27.4. The Balaban J connectivity index is -0.0000000866. The molecule has 0 amide bonds. The highest BCUT2D eigenvalue weighted by Crippen LogP contribution is 2.10. The first-order valence-corrected chi connectivity index (χ1v) is 8.72. The summed E-state index contributed by atoms with van der Waals surface area (Å²) in [6, 6.07) is 0.0833. The van der Waals surface area contributed by atoms with E-state index in [-0.39, 0.29) is 6.04 Å². The van der Waals surface area contributed by atoms with Crippen molar-refractivity contribution in [1.82, 2.24) is 9.55 Å². The summed E-state index contributed by atoms with van der Waals surface area (Å²) in [6.45, 7) is 2.05. The lowest BCUT2D eigenvalue weighted by molar-refractivity contribution is 0.366. The highest BCUT2D eigenvalue weighted by molar-refractivity contribution is 6.51. The van der Waals surface area contributed by atoms with Crippen molar-refractivity contribution in [3.63, 3.8) is 0 Å². The van der Waals surface area contributed by atoms with Crippen LogP contribution in [0.2, 0.25) is 0 Å². The van der Waals surface area contributed by atoms with Crippen LogP contribution >= 0.6 is 0 Å². The van der Waals surface area contributed by atoms with Crippen LogP contribution in [0.3, 0.4) is 0 Å². The lowest BCUT2D eigenvalue weighted by atomic mass is 10.2. The second-order valence-electron chi connectivity index (χ2n) is 5.38. The van der Waals surface area contributed by atoms with Crippen LogP contribution in [0.25, 0.3) is 0 Å². The summed E-state index contributed by atoms with van der Waals surface area (Å²) in [4.78, 5) is 4.12. The van der Waals surface area contributed by atoms with Gasteiger partial charge in [-0.2, -0.15) is 0 Å². The van der Waals surface area contributed by atoms with Gasteiger partial charge in [-0.3, -0.25) is 0 Å². The molecule has 0 spiro atoms. The van der Waals surface area contributed by atoms with Crippen molar-refractivity contribution < 1.29 is 104 Å². The zero-order valence-corrected chi connectivity index (χ0v) is 18.9. The first-order chi connectivity index (χ1) is 16.8. The third kappa shape index (κ3) is 227. The summed E-state index contributed by atoms with van der Waals surface area (Å²) in [5.74, 6) is 0.961. The fourth-order valence-electron chi connectivity index (χ4n) is 0.917. The predicted molar refractivity (Wildman–Crippen MR) is 102 cm³/mol. The second kappa shape index (κ2) is 21.6. The van der Waals surface area contributed by atoms with Crippen molar-refractivity contribution in [3.8, 4) is 0 Å². The standard InChI is InChI=1S/C7H13N3.6BF4/c1-3-6(8)7-9-4-5-10(7)2;6*2-1(3,4)5/h4-6H,3,8H2,1-2H3;;;;;;/q;6*-1. The van der Waals surface area contributed by atoms with E-state index in [1.54, 1.807) is 6.20 Å². The quantitative estimate of drug-likeness (QED) is 0.255. The summed E-state index contributed by atoms with van der Waals surface area (Å²) in [5, 5.41) is 0. The van der Waals surface area contributed by atoms with Gasteiger partial charge in [0.1, 0.15) is 5.82 Å². The Morgan fingerprint density at radius 3 is 0.825 bits per heavy atom. The van der Waals surface area contributed by atoms with Crippen LogP contribution in [0.4, 0.5) is 104 Å². The Hall–Kier alpha value is -2.12. The Labute approximate surface area is 208 Å². The van der Waals surface area contributed by atoms with Gasteiger partial charge in [0.05, 0.1) is 6.04 Å². The van der Waals surface area contributed by atoms with E-state index in [9.17, 15) is 104 Å². The zero-order chi connectivity index (χ0) is 34.6. The third-order valence-corrected chi connectivity index (χ3v) is 1.63. The number of hydrogen-bond donors (Lipinski definition) is 1. The van der Waals surface area contributed by atoms with Crippen LogP contribution in [-0.4, -0.2) is 53.1 Å². The molecule has 0 saturated carbocycles. The van der Waals surface area contributed by atoms with E-state index in [1.165, 1.54) is 0 Å². The van der Waals surface area contributed by atoms with Crippen LogP contribution in [0.1, 0.15) is 25.2 Å². The number of aryl methyl sites for hydroxylation is 1. The van der Waals surface area contributed by atoms with E-state index < -0.39 is 43.5 Å². The molecule has 0 saturated heterocycles. The highest BCUT2D eigenvalue weighted by Gasteiger charge is 2.22. The number of rotatable bonds is 2. The molecule has 0 aliphatic rings. The van der Waals surface area contributed by atoms with E-state index in [0.29, 0.717) is 0 Å². The molecule has 1 aromatic rings. The molecule has 3 nitrogen and oxygen atoms in total. The van der Waals surface area contributed by atoms with Crippen molar-refractivity contribution in [3.05, 3.63) is 18.2 Å². The van der Waals surface area contributed by atoms with Gasteiger partial charge in [0.25, 0.3) is 0 Å². The van der Waals surface area contributed by atoms with Crippen molar-refractivity contribution in [2.75, 3.05) is 0 Å². The monoisotopic (exact) mass is 661 g/mol. The van der Waals surface area contributed by atoms with Gasteiger partial charge >= 0.3 is 43.5 Å². The van der Waals surface area contributed by atoms with Crippen molar-refractivity contribution in [1.29, 1.82) is 0 Å². The van der Waals surface area contributed by atoms with Crippen molar-refractivity contribution >= 4 is 43.5 Å². The molecule has 33 heteroatoms. The van der Waals surface area contributed by atoms with Crippen LogP contribution in [0.15, 0.2) is 12.4 Å². The molecule has 40 heavy (non-hydrogen) atoms. The van der Waals surface area contributed by atoms with E-state index in [1.807, 2.05) is 17.8 Å². The molecule has 0 aliphatic heterocycles. The van der Waals surface area contributed by atoms with Gasteiger partial charge in [-0.05, 0) is 6.42 Å². The number of halogens is 24. The molecule has 248 valence electrons. The van der Waals surface area contributed by atoms with Gasteiger partial charge in [0.15, 0.2) is 0 Å². The summed E-state index contributed by atoms with van der Waals surface area (Å²) >= 11 is 0. The number of aromatic nitrogens is 2. The lowest BCUT2D eigenvalue weighted by Crippen LogP contribution is -2.13. The fraction of sp³-hybridized carbons (Fsp3) is 0.571. The first-order valence-electron chi connectivity index (χ1n) is 8.72. The smallest absolute Gasteiger partial charge is 0.418 e. The predicted octanol–water partition coefficient (Wildman–Crippen LogP) is 8.63. The summed E-state index contributed by atoms with van der Waals surface area (Å²) in [7, 11) is -34.0. The summed E-state index contributed by atoms with van der Waals surface area (Å²) < 4.78 is 236. The molecular weight excluding hydrogens is 647 g/mol. The summed E-state index contributed by atoms with van der Waals surface area (Å²) in [6.07, 6.45) is 4.61. The molecule has 0 aromatic carbocycles. The number of nitrogens with zero attached hydrogens (tertiary/aromatic N) is 2. The van der Waals surface area contributed by atoms with Gasteiger partial charge in [-0.25, -0.2) is 4.98 Å². The van der Waals surface area contributed by atoms with E-state index >= 15 is 0 Å². The minimum absolute atomic E-state index is 0.0833. The minimum atomic E-state index is -6.00. The molecule has 1 heterocycles. The van der Waals surface area contributed by atoms with Crippen LogP contribution in [0, 0.1) is 0 Å². The van der Waals surface area contributed by atoms with Gasteiger partial charge < -0.3 is 114 Å². The van der Waals surface area contributed by atoms with Gasteiger partial charge in [-0.15, -0.1) is 0 Å². The Morgan fingerprint density at radius 2 is 0.725 bits per heavy atom. The van der Waals surface area contributed by atoms with E-state index in [4.69, 9.17) is 5.73 Å². The lowest BCUT2D eigenvalue weighted by Gasteiger charge is -2.07. The third-order valence-electron chi connectivity index (χ3n) is 1.63. The van der Waals surface area contributed by atoms with Gasteiger partial charge in [0.2, 0.25) is 0 Å². The topological polar surface area (TPSA) is 43.8 Å². The number of hydrogen-bond acceptors (Lipinski definition) is 2. The molecule has 1 unspecified atom stereocenters. The average molecular weight is 660 g/mol. The number of nitrogens with two attached hydrogens (primary N) is 1. The molecule has 0 bridgehead atoms. The maximum atomic E-state index is 9.75. The maximum absolute atomic E-state index is 9.75. The molecule has 0 radical (unpaired) electrons. The first kappa shape index (κ1) is 50.7. The minimum Gasteiger partial charge on any atom is -0.418 e. The van der Waals surface area contributed by atoms with E-state index in [0.717, 1.165) is 12.2 Å². The Morgan fingerprint density at radius 1 is 0.550 bits per heavy atom. The molecule has 1 aromatic heterocycles. The van der Waals surface area contributed by atoms with E-state index in [2.05, 4.69) is 11.9 Å². The van der Waals surface area contributed by atoms with Crippen LogP contribution in [-0.2, 0) is 7.05 Å². The zero-order valence-electron chi connectivity index (χ0n) is 18.9. The van der Waals surface area contributed by atoms with Crippen molar-refractivity contribution in [2.45, 2.75) is 19.4 Å². The average Bonchev–Trinajstić information content (AvgIpc) is 2.90. The normalized spacial score (nSPS) is 12.4. The molecule has 0 aliphatic carbocycles. The molecule has 1 atom stereocenters. The molecule has 1 rings (SSSR count).